The number of amides is 1. The fourth-order valence-corrected chi connectivity index (χ4v) is 2.51. The molecule has 0 aromatic heterocycles. The summed E-state index contributed by atoms with van der Waals surface area (Å²) >= 11 is 0. The third-order valence-electron chi connectivity index (χ3n) is 3.95. The number of aliphatic carboxylic acids is 1. The highest BCUT2D eigenvalue weighted by Gasteiger charge is 2.20. The van der Waals surface area contributed by atoms with Crippen LogP contribution in [0.4, 0.5) is 0 Å². The fourth-order valence-electron chi connectivity index (χ4n) is 2.51. The highest BCUT2D eigenvalue weighted by molar-refractivity contribution is 5.79. The van der Waals surface area contributed by atoms with Gasteiger partial charge in [0.15, 0.2) is 11.5 Å². The molecule has 1 aromatic carbocycles. The van der Waals surface area contributed by atoms with Crippen LogP contribution in [-0.2, 0) is 16.0 Å². The molecule has 0 aliphatic heterocycles. The summed E-state index contributed by atoms with van der Waals surface area (Å²) < 4.78 is 10.5. The molecule has 6 nitrogen and oxygen atoms in total. The summed E-state index contributed by atoms with van der Waals surface area (Å²) in [6.07, 6.45) is 1.87. The number of ether oxygens (including phenoxy) is 2. The average molecular weight is 337 g/mol. The van der Waals surface area contributed by atoms with Gasteiger partial charge in [0, 0.05) is 12.5 Å². The molecule has 0 saturated heterocycles. The number of hydrogen-bond acceptors (Lipinski definition) is 4. The second kappa shape index (κ2) is 9.80. The third-order valence-corrected chi connectivity index (χ3v) is 3.95. The molecule has 0 aliphatic rings. The molecule has 0 radical (unpaired) electrons. The van der Waals surface area contributed by atoms with Crippen molar-refractivity contribution in [2.45, 2.75) is 33.1 Å². The van der Waals surface area contributed by atoms with Crippen LogP contribution >= 0.6 is 0 Å². The van der Waals surface area contributed by atoms with E-state index in [1.807, 2.05) is 26.0 Å². The van der Waals surface area contributed by atoms with E-state index in [1.54, 1.807) is 20.3 Å². The van der Waals surface area contributed by atoms with E-state index in [9.17, 15) is 9.59 Å². The van der Waals surface area contributed by atoms with Crippen molar-refractivity contribution < 1.29 is 24.2 Å². The molecule has 24 heavy (non-hydrogen) atoms. The van der Waals surface area contributed by atoms with Crippen molar-refractivity contribution in [2.75, 3.05) is 20.8 Å². The Morgan fingerprint density at radius 3 is 2.42 bits per heavy atom. The van der Waals surface area contributed by atoms with Crippen molar-refractivity contribution in [1.82, 2.24) is 5.32 Å². The van der Waals surface area contributed by atoms with Gasteiger partial charge in [-0.25, -0.2) is 0 Å². The molecule has 2 N–H and O–H groups in total. The Balaban J connectivity index is 2.62. The number of carbonyl (C=O) groups is 2. The Kier molecular flexibility index (Phi) is 8.09. The van der Waals surface area contributed by atoms with E-state index in [0.717, 1.165) is 12.0 Å². The zero-order valence-corrected chi connectivity index (χ0v) is 14.8. The lowest BCUT2D eigenvalue weighted by Gasteiger charge is -2.16. The average Bonchev–Trinajstić information content (AvgIpc) is 2.57. The molecule has 0 spiro atoms. The SMILES string of the molecule is CCCC(CNC(=O)C(C)Cc1ccc(OC)c(OC)c1)C(=O)O. The first kappa shape index (κ1) is 19.8. The minimum Gasteiger partial charge on any atom is -0.493 e. The number of nitrogens with one attached hydrogen (secondary N) is 1. The molecule has 1 rings (SSSR count). The molecule has 0 aliphatic carbocycles. The van der Waals surface area contributed by atoms with E-state index < -0.39 is 11.9 Å². The summed E-state index contributed by atoms with van der Waals surface area (Å²) in [5.74, 6) is -0.554. The van der Waals surface area contributed by atoms with Crippen molar-refractivity contribution in [3.8, 4) is 11.5 Å². The lowest BCUT2D eigenvalue weighted by atomic mass is 9.99. The van der Waals surface area contributed by atoms with Crippen LogP contribution in [0.25, 0.3) is 0 Å². The fraction of sp³-hybridized carbons (Fsp3) is 0.556. The van der Waals surface area contributed by atoms with Gasteiger partial charge in [-0.1, -0.05) is 26.3 Å². The van der Waals surface area contributed by atoms with Crippen LogP contribution in [0.1, 0.15) is 32.3 Å². The highest BCUT2D eigenvalue weighted by atomic mass is 16.5. The van der Waals surface area contributed by atoms with E-state index in [0.29, 0.717) is 24.3 Å². The summed E-state index contributed by atoms with van der Waals surface area (Å²) in [7, 11) is 3.14. The molecule has 6 heteroatoms. The van der Waals surface area contributed by atoms with Crippen LogP contribution in [0.3, 0.4) is 0 Å². The molecule has 2 atom stereocenters. The molecule has 1 amide bonds. The molecule has 0 bridgehead atoms. The summed E-state index contributed by atoms with van der Waals surface area (Å²) in [5, 5.41) is 11.9. The minimum absolute atomic E-state index is 0.146. The van der Waals surface area contributed by atoms with Gasteiger partial charge in [0.25, 0.3) is 0 Å². The van der Waals surface area contributed by atoms with E-state index in [1.165, 1.54) is 0 Å². The number of benzene rings is 1. The van der Waals surface area contributed by atoms with Gasteiger partial charge in [0.05, 0.1) is 20.1 Å². The molecule has 0 heterocycles. The molecular weight excluding hydrogens is 310 g/mol. The summed E-state index contributed by atoms with van der Waals surface area (Å²) in [4.78, 5) is 23.3. The molecule has 1 aromatic rings. The first-order valence-corrected chi connectivity index (χ1v) is 8.14. The van der Waals surface area contributed by atoms with E-state index >= 15 is 0 Å². The Bertz CT molecular complexity index is 558. The van der Waals surface area contributed by atoms with E-state index in [4.69, 9.17) is 14.6 Å². The first-order chi connectivity index (χ1) is 11.4. The normalized spacial score (nSPS) is 13.0. The van der Waals surface area contributed by atoms with Crippen molar-refractivity contribution in [2.24, 2.45) is 11.8 Å². The Morgan fingerprint density at radius 2 is 1.88 bits per heavy atom. The lowest BCUT2D eigenvalue weighted by molar-refractivity contribution is -0.142. The molecule has 2 unspecified atom stereocenters. The van der Waals surface area contributed by atoms with Gasteiger partial charge in [-0.2, -0.15) is 0 Å². The number of carboxylic acid groups (broad SMARTS) is 1. The minimum atomic E-state index is -0.871. The molecule has 0 saturated carbocycles. The van der Waals surface area contributed by atoms with Crippen LogP contribution in [0.15, 0.2) is 18.2 Å². The van der Waals surface area contributed by atoms with Crippen LogP contribution in [0.2, 0.25) is 0 Å². The van der Waals surface area contributed by atoms with Crippen molar-refractivity contribution in [3.63, 3.8) is 0 Å². The summed E-state index contributed by atoms with van der Waals surface area (Å²) in [6, 6.07) is 5.54. The second-order valence-electron chi connectivity index (χ2n) is 5.86. The maximum atomic E-state index is 12.2. The predicted octanol–water partition coefficient (Wildman–Crippen LogP) is 2.50. The maximum Gasteiger partial charge on any atom is 0.308 e. The summed E-state index contributed by atoms with van der Waals surface area (Å²) in [6.45, 7) is 3.91. The zero-order valence-electron chi connectivity index (χ0n) is 14.8. The number of rotatable bonds is 10. The predicted molar refractivity (Wildman–Crippen MR) is 91.5 cm³/mol. The van der Waals surface area contributed by atoms with Gasteiger partial charge >= 0.3 is 5.97 Å². The Hall–Kier alpha value is -2.24. The van der Waals surface area contributed by atoms with Crippen LogP contribution in [0, 0.1) is 11.8 Å². The van der Waals surface area contributed by atoms with Gasteiger partial charge < -0.3 is 19.9 Å². The largest absolute Gasteiger partial charge is 0.493 e. The van der Waals surface area contributed by atoms with Crippen molar-refractivity contribution in [3.05, 3.63) is 23.8 Å². The van der Waals surface area contributed by atoms with Crippen LogP contribution in [0.5, 0.6) is 11.5 Å². The maximum absolute atomic E-state index is 12.2. The third kappa shape index (κ3) is 5.76. The monoisotopic (exact) mass is 337 g/mol. The van der Waals surface area contributed by atoms with Gasteiger partial charge in [-0.3, -0.25) is 9.59 Å². The number of methoxy groups -OCH3 is 2. The molecular formula is C18H27NO5. The smallest absolute Gasteiger partial charge is 0.308 e. The van der Waals surface area contributed by atoms with Gasteiger partial charge in [-0.05, 0) is 30.5 Å². The highest BCUT2D eigenvalue weighted by Crippen LogP contribution is 2.28. The quantitative estimate of drug-likeness (QED) is 0.685. The summed E-state index contributed by atoms with van der Waals surface area (Å²) in [5.41, 5.74) is 0.957. The molecule has 134 valence electrons. The van der Waals surface area contributed by atoms with Gasteiger partial charge in [-0.15, -0.1) is 0 Å². The lowest BCUT2D eigenvalue weighted by Crippen LogP contribution is -2.36. The Labute approximate surface area is 143 Å². The van der Waals surface area contributed by atoms with Gasteiger partial charge in [0.1, 0.15) is 0 Å². The van der Waals surface area contributed by atoms with E-state index in [-0.39, 0.29) is 18.4 Å². The molecule has 0 fully saturated rings. The van der Waals surface area contributed by atoms with Crippen LogP contribution < -0.4 is 14.8 Å². The first-order valence-electron chi connectivity index (χ1n) is 8.14. The zero-order chi connectivity index (χ0) is 18.1. The second-order valence-corrected chi connectivity index (χ2v) is 5.86. The van der Waals surface area contributed by atoms with Crippen molar-refractivity contribution in [1.29, 1.82) is 0 Å². The topological polar surface area (TPSA) is 84.9 Å². The number of hydrogen-bond donors (Lipinski definition) is 2. The Morgan fingerprint density at radius 1 is 1.21 bits per heavy atom. The number of carboxylic acids is 1. The number of carbonyl (C=O) groups excluding carboxylic acids is 1. The van der Waals surface area contributed by atoms with Crippen molar-refractivity contribution >= 4 is 11.9 Å². The standard InChI is InChI=1S/C18H27NO5/c1-5-6-14(18(21)22)11-19-17(20)12(2)9-13-7-8-15(23-3)16(10-13)24-4/h7-8,10,12,14H,5-6,9,11H2,1-4H3,(H,19,20)(H,21,22). The van der Waals surface area contributed by atoms with Gasteiger partial charge in [0.2, 0.25) is 5.91 Å². The van der Waals surface area contributed by atoms with Crippen LogP contribution in [-0.4, -0.2) is 37.7 Å². The van der Waals surface area contributed by atoms with E-state index in [2.05, 4.69) is 5.32 Å².